The Hall–Kier alpha value is -2.70. The van der Waals surface area contributed by atoms with Crippen LogP contribution in [0.4, 0.5) is 0 Å². The van der Waals surface area contributed by atoms with Gasteiger partial charge in [0.1, 0.15) is 6.04 Å². The Morgan fingerprint density at radius 3 is 2.67 bits per heavy atom. The molecule has 0 bridgehead atoms. The Labute approximate surface area is 183 Å². The van der Waals surface area contributed by atoms with Gasteiger partial charge in [0.2, 0.25) is 5.91 Å². The van der Waals surface area contributed by atoms with Gasteiger partial charge < -0.3 is 5.32 Å². The lowest BCUT2D eigenvalue weighted by molar-refractivity contribution is -0.124. The third-order valence-corrected chi connectivity index (χ3v) is 6.75. The van der Waals surface area contributed by atoms with E-state index in [0.29, 0.717) is 29.8 Å². The number of benzene rings is 2. The molecule has 1 amide bonds. The van der Waals surface area contributed by atoms with E-state index in [4.69, 9.17) is 11.6 Å². The molecule has 2 aromatic carbocycles. The van der Waals surface area contributed by atoms with E-state index < -0.39 is 6.04 Å². The number of carbonyl (C=O) groups is 1. The number of nitrogens with zero attached hydrogens (tertiary/aromatic N) is 2. The molecule has 1 atom stereocenters. The van der Waals surface area contributed by atoms with Gasteiger partial charge in [0.25, 0.3) is 5.56 Å². The summed E-state index contributed by atoms with van der Waals surface area (Å²) >= 11 is 7.48. The van der Waals surface area contributed by atoms with Crippen LogP contribution in [0, 0.1) is 6.92 Å². The zero-order valence-electron chi connectivity index (χ0n) is 16.8. The van der Waals surface area contributed by atoms with Crippen molar-refractivity contribution >= 4 is 49.0 Å². The van der Waals surface area contributed by atoms with Crippen molar-refractivity contribution in [3.63, 3.8) is 0 Å². The van der Waals surface area contributed by atoms with Gasteiger partial charge in [-0.1, -0.05) is 48.9 Å². The van der Waals surface area contributed by atoms with Crippen molar-refractivity contribution in [1.82, 2.24) is 15.1 Å². The summed E-state index contributed by atoms with van der Waals surface area (Å²) in [5.41, 5.74) is 1.64. The fourth-order valence-electron chi connectivity index (χ4n) is 3.66. The maximum atomic E-state index is 13.3. The largest absolute Gasteiger partial charge is 0.354 e. The molecule has 0 unspecified atom stereocenters. The van der Waals surface area contributed by atoms with Gasteiger partial charge in [0.15, 0.2) is 0 Å². The Balaban J connectivity index is 1.61. The maximum Gasteiger partial charge on any atom is 0.276 e. The number of amides is 1. The standard InChI is InChI=1S/C23H22ClN3O2S/c1-3-18(22(28)25-13-12-15-8-10-16(24)11-9-15)27-23(29)20-17-6-4-5-7-19(17)30-21(20)14(2)26-27/h4-11,18H,3,12-13H2,1-2H3,(H,25,28)/t18-/m0/s1. The van der Waals surface area contributed by atoms with Crippen LogP contribution < -0.4 is 10.9 Å². The first kappa shape index (κ1) is 20.6. The quantitative estimate of drug-likeness (QED) is 0.465. The molecule has 7 heteroatoms. The smallest absolute Gasteiger partial charge is 0.276 e. The summed E-state index contributed by atoms with van der Waals surface area (Å²) in [5.74, 6) is -0.195. The summed E-state index contributed by atoms with van der Waals surface area (Å²) in [6.45, 7) is 4.26. The van der Waals surface area contributed by atoms with Crippen molar-refractivity contribution < 1.29 is 4.79 Å². The van der Waals surface area contributed by atoms with Crippen LogP contribution in [0.2, 0.25) is 5.02 Å². The van der Waals surface area contributed by atoms with Gasteiger partial charge in [-0.3, -0.25) is 9.59 Å². The van der Waals surface area contributed by atoms with Crippen LogP contribution >= 0.6 is 22.9 Å². The molecule has 0 aliphatic heterocycles. The number of thiophene rings is 1. The molecular weight excluding hydrogens is 418 g/mol. The predicted molar refractivity (Wildman–Crippen MR) is 124 cm³/mol. The van der Waals surface area contributed by atoms with Gasteiger partial charge >= 0.3 is 0 Å². The van der Waals surface area contributed by atoms with Crippen molar-refractivity contribution in [2.45, 2.75) is 32.7 Å². The summed E-state index contributed by atoms with van der Waals surface area (Å²) in [4.78, 5) is 26.2. The summed E-state index contributed by atoms with van der Waals surface area (Å²) in [6, 6.07) is 14.7. The molecule has 1 N–H and O–H groups in total. The van der Waals surface area contributed by atoms with E-state index in [1.54, 1.807) is 11.3 Å². The van der Waals surface area contributed by atoms with E-state index in [0.717, 1.165) is 26.0 Å². The monoisotopic (exact) mass is 439 g/mol. The van der Waals surface area contributed by atoms with Crippen LogP contribution in [0.5, 0.6) is 0 Å². The van der Waals surface area contributed by atoms with E-state index in [-0.39, 0.29) is 11.5 Å². The van der Waals surface area contributed by atoms with Crippen molar-refractivity contribution in [2.75, 3.05) is 6.54 Å². The molecule has 0 fully saturated rings. The highest BCUT2D eigenvalue weighted by atomic mass is 35.5. The molecule has 0 radical (unpaired) electrons. The van der Waals surface area contributed by atoms with E-state index in [1.807, 2.05) is 62.4 Å². The predicted octanol–water partition coefficient (Wildman–Crippen LogP) is 4.88. The number of fused-ring (bicyclic) bond motifs is 3. The average Bonchev–Trinajstić information content (AvgIpc) is 3.14. The number of rotatable bonds is 6. The molecular formula is C23H22ClN3O2S. The number of hydrogen-bond acceptors (Lipinski definition) is 4. The number of halogens is 1. The van der Waals surface area contributed by atoms with Crippen LogP contribution in [0.3, 0.4) is 0 Å². The van der Waals surface area contributed by atoms with Gasteiger partial charge in [-0.15, -0.1) is 11.3 Å². The molecule has 4 aromatic rings. The Kier molecular flexibility index (Phi) is 5.88. The van der Waals surface area contributed by atoms with Crippen molar-refractivity contribution in [2.24, 2.45) is 0 Å². The summed E-state index contributed by atoms with van der Waals surface area (Å²) < 4.78 is 3.29. The molecule has 30 heavy (non-hydrogen) atoms. The highest BCUT2D eigenvalue weighted by Crippen LogP contribution is 2.33. The fourth-order valence-corrected chi connectivity index (χ4v) is 4.92. The lowest BCUT2D eigenvalue weighted by Crippen LogP contribution is -2.39. The molecule has 5 nitrogen and oxygen atoms in total. The second-order valence-corrected chi connectivity index (χ2v) is 8.72. The van der Waals surface area contributed by atoms with Crippen molar-refractivity contribution in [1.29, 1.82) is 0 Å². The first-order valence-corrected chi connectivity index (χ1v) is 11.1. The molecule has 154 valence electrons. The molecule has 0 saturated heterocycles. The number of aromatic nitrogens is 2. The van der Waals surface area contributed by atoms with Crippen molar-refractivity contribution in [3.8, 4) is 0 Å². The normalized spacial score (nSPS) is 12.4. The molecule has 2 heterocycles. The second-order valence-electron chi connectivity index (χ2n) is 7.23. The lowest BCUT2D eigenvalue weighted by Gasteiger charge is -2.17. The minimum atomic E-state index is -0.649. The van der Waals surface area contributed by atoms with E-state index >= 15 is 0 Å². The van der Waals surface area contributed by atoms with E-state index in [2.05, 4.69) is 10.4 Å². The molecule has 0 saturated carbocycles. The highest BCUT2D eigenvalue weighted by molar-refractivity contribution is 7.26. The maximum absolute atomic E-state index is 13.3. The Morgan fingerprint density at radius 2 is 1.93 bits per heavy atom. The molecule has 2 aromatic heterocycles. The zero-order valence-corrected chi connectivity index (χ0v) is 18.4. The fraction of sp³-hybridized carbons (Fsp3) is 0.261. The van der Waals surface area contributed by atoms with Crippen LogP contribution in [0.15, 0.2) is 53.3 Å². The molecule has 0 aliphatic carbocycles. The van der Waals surface area contributed by atoms with Gasteiger partial charge in [-0.2, -0.15) is 5.10 Å². The SMILES string of the molecule is CC[C@@H](C(=O)NCCc1ccc(Cl)cc1)n1nc(C)c2sc3ccccc3c2c1=O. The zero-order chi connectivity index (χ0) is 21.3. The Bertz CT molecular complexity index is 1280. The van der Waals surface area contributed by atoms with Gasteiger partial charge in [-0.05, 0) is 43.5 Å². The topological polar surface area (TPSA) is 64.0 Å². The first-order valence-electron chi connectivity index (χ1n) is 9.92. The van der Waals surface area contributed by atoms with Crippen LogP contribution in [-0.2, 0) is 11.2 Å². The minimum Gasteiger partial charge on any atom is -0.354 e. The number of hydrogen-bond donors (Lipinski definition) is 1. The van der Waals surface area contributed by atoms with Gasteiger partial charge in [-0.25, -0.2) is 4.68 Å². The lowest BCUT2D eigenvalue weighted by atomic mass is 10.1. The van der Waals surface area contributed by atoms with Gasteiger partial charge in [0, 0.05) is 21.7 Å². The number of nitrogens with one attached hydrogen (secondary N) is 1. The first-order chi connectivity index (χ1) is 14.5. The Morgan fingerprint density at radius 1 is 1.20 bits per heavy atom. The highest BCUT2D eigenvalue weighted by Gasteiger charge is 2.24. The van der Waals surface area contributed by atoms with Crippen molar-refractivity contribution in [3.05, 3.63) is 75.2 Å². The number of carbonyl (C=O) groups excluding carboxylic acids is 1. The summed E-state index contributed by atoms with van der Waals surface area (Å²) in [5, 5.41) is 9.71. The second kappa shape index (κ2) is 8.58. The summed E-state index contributed by atoms with van der Waals surface area (Å²) in [6.07, 6.45) is 1.17. The summed E-state index contributed by atoms with van der Waals surface area (Å²) in [7, 11) is 0. The number of aryl methyl sites for hydroxylation is 1. The third-order valence-electron chi connectivity index (χ3n) is 5.21. The van der Waals surface area contributed by atoms with E-state index in [9.17, 15) is 9.59 Å². The van der Waals surface area contributed by atoms with Gasteiger partial charge in [0.05, 0.1) is 15.8 Å². The third kappa shape index (κ3) is 3.85. The van der Waals surface area contributed by atoms with Crippen LogP contribution in [-0.4, -0.2) is 22.2 Å². The average molecular weight is 440 g/mol. The van der Waals surface area contributed by atoms with Crippen LogP contribution in [0.1, 0.15) is 30.6 Å². The van der Waals surface area contributed by atoms with Crippen LogP contribution in [0.25, 0.3) is 20.2 Å². The minimum absolute atomic E-state index is 0.195. The molecule has 0 spiro atoms. The van der Waals surface area contributed by atoms with E-state index in [1.165, 1.54) is 4.68 Å². The molecule has 4 rings (SSSR count). The molecule has 0 aliphatic rings.